The maximum absolute atomic E-state index is 12.0. The summed E-state index contributed by atoms with van der Waals surface area (Å²) < 4.78 is 5.51. The van der Waals surface area contributed by atoms with E-state index in [1.807, 2.05) is 49.4 Å². The molecule has 1 aliphatic rings. The quantitative estimate of drug-likeness (QED) is 0.696. The lowest BCUT2D eigenvalue weighted by Crippen LogP contribution is -2.06. The molecule has 24 heavy (non-hydrogen) atoms. The first-order valence-corrected chi connectivity index (χ1v) is 7.73. The van der Waals surface area contributed by atoms with Crippen molar-refractivity contribution in [2.45, 2.75) is 20.8 Å². The van der Waals surface area contributed by atoms with Crippen LogP contribution in [0.25, 0.3) is 5.70 Å². The molecule has 1 heterocycles. The number of ketones is 1. The molecular formula is C20H18N2O2. The number of Topliss-reactive ketones (excluding diaryl/α,β-unsaturated/α-hetero) is 1. The first-order chi connectivity index (χ1) is 11.6. The smallest absolute Gasteiger partial charge is 0.184 e. The molecule has 2 aromatic rings. The van der Waals surface area contributed by atoms with E-state index in [0.29, 0.717) is 22.6 Å². The Morgan fingerprint density at radius 2 is 1.67 bits per heavy atom. The van der Waals surface area contributed by atoms with Crippen LogP contribution in [-0.2, 0) is 4.79 Å². The fraction of sp³-hybridized carbons (Fsp3) is 0.150. The number of furan rings is 1. The van der Waals surface area contributed by atoms with Crippen molar-refractivity contribution in [2.75, 3.05) is 0 Å². The van der Waals surface area contributed by atoms with Gasteiger partial charge in [-0.2, -0.15) is 5.11 Å². The zero-order valence-corrected chi connectivity index (χ0v) is 13.9. The first kappa shape index (κ1) is 15.9. The van der Waals surface area contributed by atoms with Gasteiger partial charge in [0.15, 0.2) is 11.5 Å². The molecule has 0 saturated carbocycles. The van der Waals surface area contributed by atoms with Gasteiger partial charge in [-0.15, -0.1) is 5.11 Å². The highest BCUT2D eigenvalue weighted by Crippen LogP contribution is 2.30. The number of allylic oxidation sites excluding steroid dienone is 5. The summed E-state index contributed by atoms with van der Waals surface area (Å²) in [6.07, 6.45) is 5.24. The van der Waals surface area contributed by atoms with Gasteiger partial charge in [0, 0.05) is 5.57 Å². The maximum atomic E-state index is 12.0. The van der Waals surface area contributed by atoms with Crippen molar-refractivity contribution in [3.8, 4) is 0 Å². The molecule has 0 bridgehead atoms. The second kappa shape index (κ2) is 6.62. The minimum absolute atomic E-state index is 0.0494. The third-order valence-electron chi connectivity index (χ3n) is 3.86. The topological polar surface area (TPSA) is 54.9 Å². The Morgan fingerprint density at radius 1 is 0.958 bits per heavy atom. The number of carbonyl (C=O) groups excluding carboxylic acids is 1. The van der Waals surface area contributed by atoms with Gasteiger partial charge in [0.1, 0.15) is 5.70 Å². The Labute approximate surface area is 140 Å². The lowest BCUT2D eigenvalue weighted by Gasteiger charge is -2.11. The highest BCUT2D eigenvalue weighted by Gasteiger charge is 2.17. The molecule has 0 fully saturated rings. The van der Waals surface area contributed by atoms with E-state index in [0.717, 1.165) is 16.8 Å². The maximum Gasteiger partial charge on any atom is 0.184 e. The predicted molar refractivity (Wildman–Crippen MR) is 93.8 cm³/mol. The highest BCUT2D eigenvalue weighted by atomic mass is 16.3. The summed E-state index contributed by atoms with van der Waals surface area (Å²) in [4.78, 5) is 12.0. The minimum atomic E-state index is 0.0494. The van der Waals surface area contributed by atoms with E-state index >= 15 is 0 Å². The molecule has 0 N–H and O–H groups in total. The Bertz CT molecular complexity index is 873. The van der Waals surface area contributed by atoms with Gasteiger partial charge in [-0.1, -0.05) is 18.2 Å². The van der Waals surface area contributed by atoms with E-state index in [1.54, 1.807) is 26.2 Å². The van der Waals surface area contributed by atoms with Crippen LogP contribution in [0.2, 0.25) is 0 Å². The number of azo groups is 1. The van der Waals surface area contributed by atoms with Crippen molar-refractivity contribution < 1.29 is 9.21 Å². The summed E-state index contributed by atoms with van der Waals surface area (Å²) in [6.45, 7) is 5.59. The largest absolute Gasteiger partial charge is 0.463 e. The molecule has 1 aromatic carbocycles. The van der Waals surface area contributed by atoms with Gasteiger partial charge in [-0.25, -0.2) is 0 Å². The third-order valence-corrected chi connectivity index (χ3v) is 3.86. The second-order valence-electron chi connectivity index (χ2n) is 5.75. The van der Waals surface area contributed by atoms with Crippen LogP contribution in [-0.4, -0.2) is 5.78 Å². The van der Waals surface area contributed by atoms with E-state index in [1.165, 1.54) is 0 Å². The third kappa shape index (κ3) is 3.18. The van der Waals surface area contributed by atoms with Gasteiger partial charge in [0.25, 0.3) is 0 Å². The highest BCUT2D eigenvalue weighted by molar-refractivity contribution is 6.10. The number of carbonyl (C=O) groups is 1. The molecule has 1 aliphatic carbocycles. The number of benzene rings is 1. The molecule has 0 saturated heterocycles. The van der Waals surface area contributed by atoms with Crippen molar-refractivity contribution in [1.82, 2.24) is 0 Å². The lowest BCUT2D eigenvalue weighted by molar-refractivity contribution is -0.112. The number of nitrogens with zero attached hydrogens (tertiary/aromatic N) is 2. The Kier molecular flexibility index (Phi) is 4.38. The summed E-state index contributed by atoms with van der Waals surface area (Å²) in [6, 6.07) is 11.4. The molecule has 3 rings (SSSR count). The second-order valence-corrected chi connectivity index (χ2v) is 5.75. The standard InChI is InChI=1S/C20H18N2O2/c1-13-7-4-5-8-17(13)21-22-19(18-9-6-10-24-18)16-11-14(2)20(23)15(3)12-16/h4-12H,1-3H3. The van der Waals surface area contributed by atoms with Crippen molar-refractivity contribution in [1.29, 1.82) is 0 Å². The number of aryl methyl sites for hydroxylation is 1. The zero-order valence-electron chi connectivity index (χ0n) is 13.9. The van der Waals surface area contributed by atoms with Crippen LogP contribution in [0.3, 0.4) is 0 Å². The Hall–Kier alpha value is -3.01. The van der Waals surface area contributed by atoms with Crippen molar-refractivity contribution >= 4 is 17.2 Å². The summed E-state index contributed by atoms with van der Waals surface area (Å²) >= 11 is 0. The normalized spacial score (nSPS) is 14.8. The van der Waals surface area contributed by atoms with Crippen molar-refractivity contribution in [2.24, 2.45) is 10.2 Å². The fourth-order valence-electron chi connectivity index (χ4n) is 2.53. The van der Waals surface area contributed by atoms with E-state index in [-0.39, 0.29) is 5.78 Å². The van der Waals surface area contributed by atoms with E-state index in [2.05, 4.69) is 10.2 Å². The van der Waals surface area contributed by atoms with E-state index in [4.69, 9.17) is 4.42 Å². The molecule has 120 valence electrons. The molecule has 4 heteroatoms. The molecule has 0 aliphatic heterocycles. The molecule has 0 spiro atoms. The minimum Gasteiger partial charge on any atom is -0.463 e. The van der Waals surface area contributed by atoms with Gasteiger partial charge in [0.2, 0.25) is 0 Å². The van der Waals surface area contributed by atoms with Crippen molar-refractivity contribution in [3.63, 3.8) is 0 Å². The van der Waals surface area contributed by atoms with Gasteiger partial charge in [0.05, 0.1) is 12.0 Å². The molecule has 0 atom stereocenters. The van der Waals surface area contributed by atoms with Gasteiger partial charge < -0.3 is 4.42 Å². The van der Waals surface area contributed by atoms with Crippen LogP contribution in [0.4, 0.5) is 5.69 Å². The number of hydrogen-bond donors (Lipinski definition) is 0. The summed E-state index contributed by atoms with van der Waals surface area (Å²) in [5.74, 6) is 0.665. The molecule has 0 unspecified atom stereocenters. The van der Waals surface area contributed by atoms with E-state index in [9.17, 15) is 4.79 Å². The summed E-state index contributed by atoms with van der Waals surface area (Å²) in [5, 5.41) is 8.80. The molecule has 0 radical (unpaired) electrons. The number of rotatable bonds is 3. The predicted octanol–water partition coefficient (Wildman–Crippen LogP) is 5.56. The monoisotopic (exact) mass is 318 g/mol. The van der Waals surface area contributed by atoms with E-state index < -0.39 is 0 Å². The van der Waals surface area contributed by atoms with Crippen LogP contribution in [0, 0.1) is 6.92 Å². The summed E-state index contributed by atoms with van der Waals surface area (Å²) in [5.41, 5.74) is 4.63. The summed E-state index contributed by atoms with van der Waals surface area (Å²) in [7, 11) is 0. The molecule has 4 nitrogen and oxygen atoms in total. The van der Waals surface area contributed by atoms with Crippen LogP contribution < -0.4 is 0 Å². The first-order valence-electron chi connectivity index (χ1n) is 7.73. The number of hydrogen-bond acceptors (Lipinski definition) is 4. The van der Waals surface area contributed by atoms with Gasteiger partial charge in [-0.3, -0.25) is 4.79 Å². The molecular weight excluding hydrogens is 300 g/mol. The fourth-order valence-corrected chi connectivity index (χ4v) is 2.53. The van der Waals surface area contributed by atoms with Crippen molar-refractivity contribution in [3.05, 3.63) is 82.9 Å². The lowest BCUT2D eigenvalue weighted by atomic mass is 9.94. The molecule has 0 amide bonds. The van der Waals surface area contributed by atoms with Gasteiger partial charge in [-0.05, 0) is 67.8 Å². The Morgan fingerprint density at radius 3 is 2.29 bits per heavy atom. The average molecular weight is 318 g/mol. The zero-order chi connectivity index (χ0) is 17.1. The van der Waals surface area contributed by atoms with Crippen LogP contribution in [0.5, 0.6) is 0 Å². The molecule has 1 aromatic heterocycles. The Balaban J connectivity index is 2.11. The average Bonchev–Trinajstić information content (AvgIpc) is 3.08. The van der Waals surface area contributed by atoms with Gasteiger partial charge >= 0.3 is 0 Å². The van der Waals surface area contributed by atoms with Crippen LogP contribution >= 0.6 is 0 Å². The van der Waals surface area contributed by atoms with Crippen LogP contribution in [0.1, 0.15) is 25.2 Å². The SMILES string of the molecule is CC1=CC(=C(N=Nc2ccccc2C)c2ccco2)C=C(C)C1=O. The van der Waals surface area contributed by atoms with Crippen LogP contribution in [0.15, 0.2) is 86.2 Å².